The van der Waals surface area contributed by atoms with Gasteiger partial charge in [0.15, 0.2) is 0 Å². The van der Waals surface area contributed by atoms with Crippen molar-refractivity contribution in [3.8, 4) is 6.07 Å². The number of hydrogen-bond acceptors (Lipinski definition) is 5. The number of rotatable bonds is 5. The predicted molar refractivity (Wildman–Crippen MR) is 40.0 cm³/mol. The summed E-state index contributed by atoms with van der Waals surface area (Å²) >= 11 is 0. The summed E-state index contributed by atoms with van der Waals surface area (Å²) in [5.74, 6) is 1.43. The molecule has 0 saturated heterocycles. The lowest BCUT2D eigenvalue weighted by Gasteiger charge is -1.86. The first-order chi connectivity index (χ1) is 5.74. The van der Waals surface area contributed by atoms with Gasteiger partial charge in [0.25, 0.3) is 0 Å². The Balaban J connectivity index is 3.65. The standard InChI is InChI=1S/C6H7NO4P/c1-10-12(9)11-3-2-6(4-7)5-8/h2-3H2,1H3/q+1. The molecule has 0 radical (unpaired) electrons. The van der Waals surface area contributed by atoms with Gasteiger partial charge < -0.3 is 0 Å². The van der Waals surface area contributed by atoms with Crippen LogP contribution in [0.3, 0.4) is 0 Å². The molecule has 0 heterocycles. The average molecular weight is 188 g/mol. The van der Waals surface area contributed by atoms with E-state index in [0.717, 1.165) is 0 Å². The molecule has 64 valence electrons. The average Bonchev–Trinajstić information content (AvgIpc) is 2.12. The maximum absolute atomic E-state index is 10.5. The van der Waals surface area contributed by atoms with Crippen LogP contribution < -0.4 is 0 Å². The quantitative estimate of drug-likeness (QED) is 0.365. The maximum Gasteiger partial charge on any atom is 0.697 e. The molecule has 0 spiro atoms. The van der Waals surface area contributed by atoms with Crippen molar-refractivity contribution in [3.05, 3.63) is 5.57 Å². The molecule has 0 N–H and O–H groups in total. The monoisotopic (exact) mass is 188 g/mol. The van der Waals surface area contributed by atoms with Crippen molar-refractivity contribution in [3.63, 3.8) is 0 Å². The van der Waals surface area contributed by atoms with Crippen LogP contribution in [-0.2, 0) is 18.4 Å². The molecule has 0 bridgehead atoms. The van der Waals surface area contributed by atoms with Crippen LogP contribution in [0.5, 0.6) is 0 Å². The minimum absolute atomic E-state index is 0.0151. The maximum atomic E-state index is 10.5. The second kappa shape index (κ2) is 6.66. The van der Waals surface area contributed by atoms with Crippen LogP contribution in [0.25, 0.3) is 0 Å². The minimum Gasteiger partial charge on any atom is -0.232 e. The van der Waals surface area contributed by atoms with Crippen molar-refractivity contribution in [2.24, 2.45) is 0 Å². The minimum atomic E-state index is -2.12. The van der Waals surface area contributed by atoms with Crippen LogP contribution in [-0.4, -0.2) is 19.7 Å². The Labute approximate surface area is 70.5 Å². The van der Waals surface area contributed by atoms with Gasteiger partial charge in [0.1, 0.15) is 24.2 Å². The van der Waals surface area contributed by atoms with E-state index >= 15 is 0 Å². The summed E-state index contributed by atoms with van der Waals surface area (Å²) in [4.78, 5) is 9.94. The van der Waals surface area contributed by atoms with E-state index in [1.165, 1.54) is 13.1 Å². The molecule has 0 aromatic carbocycles. The lowest BCUT2D eigenvalue weighted by molar-refractivity contribution is 0.259. The van der Waals surface area contributed by atoms with Crippen LogP contribution in [0.15, 0.2) is 5.57 Å². The van der Waals surface area contributed by atoms with Gasteiger partial charge in [-0.05, 0) is 0 Å². The summed E-state index contributed by atoms with van der Waals surface area (Å²) in [7, 11) is -0.886. The molecule has 1 unspecified atom stereocenters. The first-order valence-electron chi connectivity index (χ1n) is 3.03. The highest BCUT2D eigenvalue weighted by atomic mass is 31.1. The van der Waals surface area contributed by atoms with Crippen LogP contribution in [0.1, 0.15) is 6.42 Å². The summed E-state index contributed by atoms with van der Waals surface area (Å²) in [5.41, 5.74) is -0.0606. The molecule has 0 saturated carbocycles. The lowest BCUT2D eigenvalue weighted by atomic mass is 10.2. The third kappa shape index (κ3) is 4.73. The molecule has 6 heteroatoms. The molecule has 0 rings (SSSR count). The highest BCUT2D eigenvalue weighted by molar-refractivity contribution is 7.33. The Morgan fingerprint density at radius 1 is 1.67 bits per heavy atom. The zero-order chi connectivity index (χ0) is 9.40. The topological polar surface area (TPSA) is 76.4 Å². The van der Waals surface area contributed by atoms with Crippen molar-refractivity contribution in [2.45, 2.75) is 6.42 Å². The molecule has 0 aromatic heterocycles. The van der Waals surface area contributed by atoms with Gasteiger partial charge in [-0.1, -0.05) is 0 Å². The van der Waals surface area contributed by atoms with E-state index in [2.05, 4.69) is 9.05 Å². The zero-order valence-corrected chi connectivity index (χ0v) is 7.34. The Morgan fingerprint density at radius 2 is 2.33 bits per heavy atom. The lowest BCUT2D eigenvalue weighted by Crippen LogP contribution is -1.90. The third-order valence-corrected chi connectivity index (χ3v) is 1.65. The number of hydrogen-bond donors (Lipinski definition) is 0. The summed E-state index contributed by atoms with van der Waals surface area (Å²) in [6.45, 7) is 0.0151. The molecule has 0 aliphatic heterocycles. The van der Waals surface area contributed by atoms with E-state index < -0.39 is 8.25 Å². The fraction of sp³-hybridized carbons (Fsp3) is 0.500. The van der Waals surface area contributed by atoms with Gasteiger partial charge in [0.2, 0.25) is 0 Å². The number of carbonyl (C=O) groups excluding carboxylic acids is 1. The molecule has 0 amide bonds. The van der Waals surface area contributed by atoms with Crippen molar-refractivity contribution >= 4 is 14.2 Å². The Bertz CT molecular complexity index is 251. The molecule has 0 aliphatic carbocycles. The van der Waals surface area contributed by atoms with Gasteiger partial charge in [0, 0.05) is 11.0 Å². The predicted octanol–water partition coefficient (Wildman–Crippen LogP) is 0.978. The molecule has 12 heavy (non-hydrogen) atoms. The third-order valence-electron chi connectivity index (χ3n) is 0.956. The van der Waals surface area contributed by atoms with Crippen molar-refractivity contribution in [2.75, 3.05) is 13.7 Å². The normalized spacial score (nSPS) is 9.83. The van der Waals surface area contributed by atoms with Crippen LogP contribution in [0, 0.1) is 11.3 Å². The van der Waals surface area contributed by atoms with Crippen LogP contribution in [0.2, 0.25) is 0 Å². The van der Waals surface area contributed by atoms with E-state index in [1.807, 2.05) is 0 Å². The van der Waals surface area contributed by atoms with Crippen molar-refractivity contribution < 1.29 is 18.4 Å². The van der Waals surface area contributed by atoms with E-state index in [4.69, 9.17) is 5.26 Å². The van der Waals surface area contributed by atoms with Gasteiger partial charge in [0.05, 0.1) is 7.11 Å². The molecular formula is C6H7NO4P+. The molecule has 5 nitrogen and oxygen atoms in total. The Morgan fingerprint density at radius 3 is 2.75 bits per heavy atom. The Kier molecular flexibility index (Phi) is 6.08. The summed E-state index contributed by atoms with van der Waals surface area (Å²) < 4.78 is 19.3. The van der Waals surface area contributed by atoms with Gasteiger partial charge in [-0.3, -0.25) is 0 Å². The van der Waals surface area contributed by atoms with E-state index in [9.17, 15) is 9.36 Å². The molecule has 0 fully saturated rings. The van der Waals surface area contributed by atoms with Gasteiger partial charge in [-0.15, -0.1) is 9.05 Å². The Hall–Kier alpha value is -1.04. The summed E-state index contributed by atoms with van der Waals surface area (Å²) in [5, 5.41) is 8.24. The largest absolute Gasteiger partial charge is 0.697 e. The molecule has 1 atom stereocenters. The molecule has 0 aliphatic rings. The van der Waals surface area contributed by atoms with Crippen LogP contribution in [0.4, 0.5) is 0 Å². The van der Waals surface area contributed by atoms with Crippen molar-refractivity contribution in [1.82, 2.24) is 0 Å². The second-order valence-electron chi connectivity index (χ2n) is 1.68. The van der Waals surface area contributed by atoms with Crippen molar-refractivity contribution in [1.29, 1.82) is 5.26 Å². The number of nitriles is 1. The fourth-order valence-electron chi connectivity index (χ4n) is 0.405. The smallest absolute Gasteiger partial charge is 0.232 e. The van der Waals surface area contributed by atoms with Gasteiger partial charge in [-0.2, -0.15) is 5.26 Å². The van der Waals surface area contributed by atoms with E-state index in [0.29, 0.717) is 0 Å². The first kappa shape index (κ1) is 11.0. The second-order valence-corrected chi connectivity index (χ2v) is 2.75. The SMILES string of the molecule is CO[P+](=O)OCCC(=C=O)C#N. The molecular weight excluding hydrogens is 181 g/mol. The highest BCUT2D eigenvalue weighted by Crippen LogP contribution is 2.21. The van der Waals surface area contributed by atoms with Crippen LogP contribution >= 0.6 is 8.25 Å². The zero-order valence-electron chi connectivity index (χ0n) is 6.44. The summed E-state index contributed by atoms with van der Waals surface area (Å²) in [6, 6.07) is 1.62. The van der Waals surface area contributed by atoms with Gasteiger partial charge >= 0.3 is 8.25 Å². The fourth-order valence-corrected chi connectivity index (χ4v) is 0.750. The van der Waals surface area contributed by atoms with E-state index in [-0.39, 0.29) is 18.6 Å². The van der Waals surface area contributed by atoms with E-state index in [1.54, 1.807) is 6.07 Å². The molecule has 0 aromatic rings. The highest BCUT2D eigenvalue weighted by Gasteiger charge is 2.16. The number of nitrogens with zero attached hydrogens (tertiary/aromatic N) is 1. The first-order valence-corrected chi connectivity index (χ1v) is 4.12. The van der Waals surface area contributed by atoms with Gasteiger partial charge in [-0.25, -0.2) is 4.79 Å². The summed E-state index contributed by atoms with van der Waals surface area (Å²) in [6.07, 6.45) is 0.102.